The van der Waals surface area contributed by atoms with Gasteiger partial charge in [0.2, 0.25) is 0 Å². The van der Waals surface area contributed by atoms with E-state index in [-0.39, 0.29) is 29.1 Å². The van der Waals surface area contributed by atoms with Crippen LogP contribution in [0.15, 0.2) is 6.58 Å². The first-order chi connectivity index (χ1) is 6.24. The smallest absolute Gasteiger partial charge is 0.507 e. The standard InChI is InChI=1S/2C4H10O.C3H5.CH3.Ti/c2*1-2-3-4-5;1-3-2;;/h2*5H,2-4H2,1H3;1H2,2H3;1H3;/q;;2*-1;+2. The van der Waals surface area contributed by atoms with Crippen molar-refractivity contribution in [2.45, 2.75) is 46.5 Å². The van der Waals surface area contributed by atoms with Gasteiger partial charge in [-0.05, 0) is 12.8 Å². The van der Waals surface area contributed by atoms with Gasteiger partial charge in [0.05, 0.1) is 0 Å². The molecule has 0 radical (unpaired) electrons. The van der Waals surface area contributed by atoms with E-state index in [4.69, 9.17) is 10.2 Å². The quantitative estimate of drug-likeness (QED) is 0.596. The molecule has 0 fully saturated rings. The van der Waals surface area contributed by atoms with E-state index in [0.29, 0.717) is 13.2 Å². The average molecular weight is 252 g/mol. The molecule has 0 aromatic carbocycles. The normalized spacial score (nSPS) is 6.47. The molecule has 0 heterocycles. The molecule has 3 heteroatoms. The van der Waals surface area contributed by atoms with Crippen LogP contribution in [0.1, 0.15) is 46.5 Å². The molecule has 0 saturated heterocycles. The monoisotopic (exact) mass is 252 g/mol. The Bertz CT molecular complexity index is 58.6. The largest absolute Gasteiger partial charge is 2.00 e. The number of hydrogen-bond donors (Lipinski definition) is 2. The molecular weight excluding hydrogens is 224 g/mol. The summed E-state index contributed by atoms with van der Waals surface area (Å²) in [6.07, 6.45) is 6.58. The summed E-state index contributed by atoms with van der Waals surface area (Å²) < 4.78 is 0. The van der Waals surface area contributed by atoms with Crippen molar-refractivity contribution in [2.75, 3.05) is 13.2 Å². The maximum absolute atomic E-state index is 8.07. The first kappa shape index (κ1) is 29.5. The maximum atomic E-state index is 8.07. The van der Waals surface area contributed by atoms with E-state index in [9.17, 15) is 0 Å². The van der Waals surface area contributed by atoms with Crippen molar-refractivity contribution in [3.8, 4) is 0 Å². The van der Waals surface area contributed by atoms with Gasteiger partial charge >= 0.3 is 21.7 Å². The molecule has 0 amide bonds. The van der Waals surface area contributed by atoms with Crippen LogP contribution < -0.4 is 0 Å². The summed E-state index contributed by atoms with van der Waals surface area (Å²) in [6, 6.07) is 0. The molecule has 0 unspecified atom stereocenters. The number of allylic oxidation sites excluding steroid dienone is 1. The molecule has 0 bridgehead atoms. The molecule has 0 saturated carbocycles. The summed E-state index contributed by atoms with van der Waals surface area (Å²) in [7, 11) is 0. The van der Waals surface area contributed by atoms with Crippen LogP contribution in [0.5, 0.6) is 0 Å². The van der Waals surface area contributed by atoms with Crippen LogP contribution in [0.2, 0.25) is 0 Å². The number of aliphatic hydroxyl groups excluding tert-OH is 2. The van der Waals surface area contributed by atoms with Gasteiger partial charge in [-0.15, -0.1) is 0 Å². The third kappa shape index (κ3) is 115. The maximum Gasteiger partial charge on any atom is 2.00 e. The zero-order valence-electron chi connectivity index (χ0n) is 10.8. The Morgan fingerprint density at radius 1 is 1.00 bits per heavy atom. The van der Waals surface area contributed by atoms with Gasteiger partial charge < -0.3 is 23.7 Å². The third-order valence-electron chi connectivity index (χ3n) is 1.02. The van der Waals surface area contributed by atoms with Crippen LogP contribution in [0.25, 0.3) is 0 Å². The van der Waals surface area contributed by atoms with E-state index in [1.54, 1.807) is 6.92 Å². The molecule has 2 nitrogen and oxygen atoms in total. The molecule has 0 aromatic heterocycles. The van der Waals surface area contributed by atoms with Gasteiger partial charge in [-0.2, -0.15) is 6.92 Å². The average Bonchev–Trinajstić information content (AvgIpc) is 2.09. The minimum Gasteiger partial charge on any atom is -0.507 e. The van der Waals surface area contributed by atoms with E-state index in [2.05, 4.69) is 26.5 Å². The van der Waals surface area contributed by atoms with Gasteiger partial charge in [-0.1, -0.05) is 26.7 Å². The van der Waals surface area contributed by atoms with Gasteiger partial charge in [0.15, 0.2) is 0 Å². The van der Waals surface area contributed by atoms with Crippen molar-refractivity contribution >= 4 is 0 Å². The Morgan fingerprint density at radius 2 is 1.20 bits per heavy atom. The molecule has 0 aliphatic rings. The Hall–Kier alpha value is 0.374. The summed E-state index contributed by atoms with van der Waals surface area (Å²) in [5.74, 6) is 0. The van der Waals surface area contributed by atoms with E-state index in [1.807, 2.05) is 0 Å². The second-order valence-electron chi connectivity index (χ2n) is 2.51. The van der Waals surface area contributed by atoms with Crippen LogP contribution in [-0.2, 0) is 21.7 Å². The van der Waals surface area contributed by atoms with Crippen LogP contribution in [0.4, 0.5) is 0 Å². The minimum absolute atomic E-state index is 0. The van der Waals surface area contributed by atoms with Crippen molar-refractivity contribution in [1.29, 1.82) is 0 Å². The SMILES string of the molecule is C=[C-]C.CCCCO.CCCCO.[CH3-].[Ti+2]. The predicted molar refractivity (Wildman–Crippen MR) is 64.9 cm³/mol. The van der Waals surface area contributed by atoms with Crippen LogP contribution in [0.3, 0.4) is 0 Å². The number of rotatable bonds is 4. The molecular formula is C12H28O2Ti. The summed E-state index contributed by atoms with van der Waals surface area (Å²) in [5.41, 5.74) is 0. The molecule has 92 valence electrons. The van der Waals surface area contributed by atoms with E-state index >= 15 is 0 Å². The van der Waals surface area contributed by atoms with Crippen LogP contribution in [0, 0.1) is 13.5 Å². The second-order valence-corrected chi connectivity index (χ2v) is 2.51. The van der Waals surface area contributed by atoms with Crippen molar-refractivity contribution < 1.29 is 31.9 Å². The molecule has 0 aromatic rings. The summed E-state index contributed by atoms with van der Waals surface area (Å²) in [6.45, 7) is 9.79. The predicted octanol–water partition coefficient (Wildman–Crippen LogP) is 3.00. The summed E-state index contributed by atoms with van der Waals surface area (Å²) in [5, 5.41) is 16.1. The molecule has 0 rings (SSSR count). The van der Waals surface area contributed by atoms with Crippen LogP contribution >= 0.6 is 0 Å². The molecule has 15 heavy (non-hydrogen) atoms. The Balaban J connectivity index is -0.0000000322. The Labute approximate surface area is 112 Å². The molecule has 0 aliphatic heterocycles. The van der Waals surface area contributed by atoms with Crippen molar-refractivity contribution in [2.24, 2.45) is 0 Å². The second kappa shape index (κ2) is 47.3. The fourth-order valence-corrected chi connectivity index (χ4v) is 0.316. The molecule has 0 atom stereocenters. The van der Waals surface area contributed by atoms with E-state index in [1.165, 1.54) is 0 Å². The summed E-state index contributed by atoms with van der Waals surface area (Å²) >= 11 is 0. The Kier molecular flexibility index (Phi) is 93.0. The number of hydrogen-bond acceptors (Lipinski definition) is 2. The van der Waals surface area contributed by atoms with Crippen molar-refractivity contribution in [3.63, 3.8) is 0 Å². The summed E-state index contributed by atoms with van der Waals surface area (Å²) in [4.78, 5) is 0. The topological polar surface area (TPSA) is 40.5 Å². The molecule has 0 spiro atoms. The fraction of sp³-hybridized carbons (Fsp3) is 0.750. The van der Waals surface area contributed by atoms with Gasteiger partial charge in [-0.25, -0.2) is 0 Å². The van der Waals surface area contributed by atoms with E-state index in [0.717, 1.165) is 25.7 Å². The zero-order chi connectivity index (χ0) is 10.9. The minimum atomic E-state index is 0. The van der Waals surface area contributed by atoms with Gasteiger partial charge in [0.25, 0.3) is 0 Å². The van der Waals surface area contributed by atoms with Gasteiger partial charge in [0.1, 0.15) is 0 Å². The van der Waals surface area contributed by atoms with Crippen molar-refractivity contribution in [3.05, 3.63) is 20.1 Å². The molecule has 2 N–H and O–H groups in total. The fourth-order valence-electron chi connectivity index (χ4n) is 0.316. The third-order valence-corrected chi connectivity index (χ3v) is 1.02. The first-order valence-electron chi connectivity index (χ1n) is 4.90. The van der Waals surface area contributed by atoms with E-state index < -0.39 is 0 Å². The van der Waals surface area contributed by atoms with Crippen molar-refractivity contribution in [1.82, 2.24) is 0 Å². The van der Waals surface area contributed by atoms with Gasteiger partial charge in [0, 0.05) is 13.2 Å². The van der Waals surface area contributed by atoms with Crippen LogP contribution in [-0.4, -0.2) is 23.4 Å². The zero-order valence-corrected chi connectivity index (χ0v) is 12.4. The van der Waals surface area contributed by atoms with Gasteiger partial charge in [-0.3, -0.25) is 6.58 Å². The molecule has 0 aliphatic carbocycles. The first-order valence-corrected chi connectivity index (χ1v) is 4.90. The number of aliphatic hydroxyl groups is 2. The number of unbranched alkanes of at least 4 members (excludes halogenated alkanes) is 2. The Morgan fingerprint density at radius 3 is 1.20 bits per heavy atom.